The summed E-state index contributed by atoms with van der Waals surface area (Å²) < 4.78 is 0. The van der Waals surface area contributed by atoms with Gasteiger partial charge < -0.3 is 10.6 Å². The van der Waals surface area contributed by atoms with Crippen LogP contribution < -0.4 is 0 Å². The summed E-state index contributed by atoms with van der Waals surface area (Å²) in [5.74, 6) is 3.38. The quantitative estimate of drug-likeness (QED) is 0.117. The van der Waals surface area contributed by atoms with E-state index in [0.29, 0.717) is 0 Å². The van der Waals surface area contributed by atoms with Gasteiger partial charge in [0, 0.05) is 0 Å². The van der Waals surface area contributed by atoms with Crippen LogP contribution in [-0.2, 0) is 0 Å². The molecule has 0 spiro atoms. The summed E-state index contributed by atoms with van der Waals surface area (Å²) in [7, 11) is 0. The third kappa shape index (κ3) is 27.5. The van der Waals surface area contributed by atoms with Gasteiger partial charge in [0.1, 0.15) is 0 Å². The van der Waals surface area contributed by atoms with Crippen LogP contribution in [0.4, 0.5) is 0 Å². The summed E-state index contributed by atoms with van der Waals surface area (Å²) >= 11 is 0. The van der Waals surface area contributed by atoms with E-state index in [2.05, 4.69) is 55.4 Å². The van der Waals surface area contributed by atoms with E-state index in [4.69, 9.17) is 10.6 Å². The Morgan fingerprint density at radius 3 is 0.714 bits per heavy atom. The summed E-state index contributed by atoms with van der Waals surface area (Å²) in [5, 5.41) is 9.64. The molecular weight excluding hydrogens is 437 g/mol. The van der Waals surface area contributed by atoms with Gasteiger partial charge in [-0.2, -0.15) is 0 Å². The SMILES string of the molecule is CCCCC(CC)C[N-]CC(CC)CCCC.CCCCC(CC)C[N-]CC(CC)CCCC.[Mg+2]. The van der Waals surface area contributed by atoms with Crippen molar-refractivity contribution in [1.82, 2.24) is 0 Å². The number of hydrogen-bond donors (Lipinski definition) is 0. The van der Waals surface area contributed by atoms with Crippen molar-refractivity contribution in [3.63, 3.8) is 0 Å². The molecule has 0 heterocycles. The van der Waals surface area contributed by atoms with Gasteiger partial charge in [-0.05, 0) is 0 Å². The van der Waals surface area contributed by atoms with Gasteiger partial charge in [0.25, 0.3) is 0 Å². The van der Waals surface area contributed by atoms with Gasteiger partial charge in [-0.25, -0.2) is 0 Å². The molecule has 35 heavy (non-hydrogen) atoms. The van der Waals surface area contributed by atoms with Crippen LogP contribution in [0.25, 0.3) is 10.6 Å². The minimum Gasteiger partial charge on any atom is -0.662 e. The zero-order chi connectivity index (χ0) is 25.9. The van der Waals surface area contributed by atoms with Gasteiger partial charge in [0.15, 0.2) is 0 Å². The number of hydrogen-bond acceptors (Lipinski definition) is 0. The number of rotatable bonds is 24. The Morgan fingerprint density at radius 2 is 0.571 bits per heavy atom. The molecule has 4 atom stereocenters. The molecular formula is C32H68MgN2. The minimum absolute atomic E-state index is 0. The van der Waals surface area contributed by atoms with Crippen molar-refractivity contribution in [3.8, 4) is 0 Å². The van der Waals surface area contributed by atoms with E-state index in [1.165, 1.54) is 103 Å². The first-order chi connectivity index (χ1) is 16.6. The largest absolute Gasteiger partial charge is 2.00 e. The van der Waals surface area contributed by atoms with Crippen LogP contribution in [0.15, 0.2) is 0 Å². The molecule has 4 unspecified atom stereocenters. The molecule has 208 valence electrons. The molecule has 3 heteroatoms. The monoisotopic (exact) mass is 505 g/mol. The predicted molar refractivity (Wildman–Crippen MR) is 165 cm³/mol. The Hall–Kier alpha value is 0.686. The Labute approximate surface area is 240 Å². The molecule has 0 rings (SSSR count). The van der Waals surface area contributed by atoms with Crippen LogP contribution in [0, 0.1) is 23.7 Å². The van der Waals surface area contributed by atoms with Crippen molar-refractivity contribution in [1.29, 1.82) is 0 Å². The maximum Gasteiger partial charge on any atom is 2.00 e. The Bertz CT molecular complexity index is 297. The first-order valence-corrected chi connectivity index (χ1v) is 15.8. The third-order valence-electron chi connectivity index (χ3n) is 7.72. The standard InChI is InChI=1S/2C16H34N.Mg/c2*1-5-9-11-15(7-3)13-17-14-16(8-4)12-10-6-2;/h2*15-16H,5-14H2,1-4H3;/q2*-1;+2. The molecule has 0 aromatic carbocycles. The molecule has 2 nitrogen and oxygen atoms in total. The molecule has 0 bridgehead atoms. The zero-order valence-electron chi connectivity index (χ0n) is 26.1. The van der Waals surface area contributed by atoms with Crippen molar-refractivity contribution >= 4 is 23.1 Å². The van der Waals surface area contributed by atoms with Crippen LogP contribution in [-0.4, -0.2) is 49.2 Å². The van der Waals surface area contributed by atoms with E-state index in [1.807, 2.05) is 0 Å². The normalized spacial score (nSPS) is 14.4. The summed E-state index contributed by atoms with van der Waals surface area (Å²) in [5.41, 5.74) is 0. The Kier molecular flexibility index (Phi) is 37.6. The van der Waals surface area contributed by atoms with Crippen molar-refractivity contribution in [2.75, 3.05) is 26.2 Å². The second-order valence-electron chi connectivity index (χ2n) is 10.8. The summed E-state index contributed by atoms with van der Waals surface area (Å²) in [6.45, 7) is 22.8. The average molecular weight is 505 g/mol. The van der Waals surface area contributed by atoms with Crippen molar-refractivity contribution in [2.24, 2.45) is 23.7 Å². The summed E-state index contributed by atoms with van der Waals surface area (Å²) in [6, 6.07) is 0. The van der Waals surface area contributed by atoms with E-state index in [-0.39, 0.29) is 23.1 Å². The van der Waals surface area contributed by atoms with Crippen molar-refractivity contribution in [2.45, 2.75) is 158 Å². The maximum atomic E-state index is 4.82. The molecule has 0 aromatic rings. The first-order valence-electron chi connectivity index (χ1n) is 15.8. The van der Waals surface area contributed by atoms with Crippen LogP contribution >= 0.6 is 0 Å². The molecule has 0 amide bonds. The topological polar surface area (TPSA) is 28.2 Å². The fourth-order valence-corrected chi connectivity index (χ4v) is 4.55. The van der Waals surface area contributed by atoms with Gasteiger partial charge in [-0.1, -0.05) is 182 Å². The molecule has 0 N–H and O–H groups in total. The van der Waals surface area contributed by atoms with Crippen LogP contribution in [0.2, 0.25) is 0 Å². The van der Waals surface area contributed by atoms with E-state index < -0.39 is 0 Å². The average Bonchev–Trinajstić information content (AvgIpc) is 2.87. The van der Waals surface area contributed by atoms with E-state index in [1.54, 1.807) is 0 Å². The van der Waals surface area contributed by atoms with Crippen LogP contribution in [0.5, 0.6) is 0 Å². The molecule has 0 aromatic heterocycles. The zero-order valence-corrected chi connectivity index (χ0v) is 27.5. The molecule has 0 fully saturated rings. The Morgan fingerprint density at radius 1 is 0.371 bits per heavy atom. The van der Waals surface area contributed by atoms with Crippen LogP contribution in [0.1, 0.15) is 158 Å². The van der Waals surface area contributed by atoms with Crippen LogP contribution in [0.3, 0.4) is 0 Å². The fraction of sp³-hybridized carbons (Fsp3) is 1.00. The second kappa shape index (κ2) is 32.7. The van der Waals surface area contributed by atoms with E-state index in [9.17, 15) is 0 Å². The molecule has 0 aliphatic rings. The molecule has 0 aliphatic carbocycles. The maximum absolute atomic E-state index is 4.82. The van der Waals surface area contributed by atoms with E-state index in [0.717, 1.165) is 49.9 Å². The third-order valence-corrected chi connectivity index (χ3v) is 7.72. The molecule has 0 saturated heterocycles. The van der Waals surface area contributed by atoms with Gasteiger partial charge in [-0.15, -0.1) is 26.2 Å². The van der Waals surface area contributed by atoms with Gasteiger partial charge in [0.2, 0.25) is 0 Å². The Balaban J connectivity index is -0.000000569. The van der Waals surface area contributed by atoms with Gasteiger partial charge in [0.05, 0.1) is 0 Å². The number of unbranched alkanes of at least 4 members (excludes halogenated alkanes) is 4. The molecule has 0 aliphatic heterocycles. The van der Waals surface area contributed by atoms with Crippen molar-refractivity contribution in [3.05, 3.63) is 10.6 Å². The van der Waals surface area contributed by atoms with Crippen molar-refractivity contribution < 1.29 is 0 Å². The minimum atomic E-state index is 0. The summed E-state index contributed by atoms with van der Waals surface area (Å²) in [6.07, 6.45) is 21.5. The molecule has 0 saturated carbocycles. The summed E-state index contributed by atoms with van der Waals surface area (Å²) in [4.78, 5) is 0. The second-order valence-corrected chi connectivity index (χ2v) is 10.8. The number of nitrogens with zero attached hydrogens (tertiary/aromatic N) is 2. The van der Waals surface area contributed by atoms with Gasteiger partial charge >= 0.3 is 23.1 Å². The van der Waals surface area contributed by atoms with E-state index >= 15 is 0 Å². The predicted octanol–water partition coefficient (Wildman–Crippen LogP) is 11.2. The van der Waals surface area contributed by atoms with Gasteiger partial charge in [-0.3, -0.25) is 0 Å². The molecule has 0 radical (unpaired) electrons. The fourth-order valence-electron chi connectivity index (χ4n) is 4.55. The first kappa shape index (κ1) is 40.2. The smallest absolute Gasteiger partial charge is 0.662 e.